The van der Waals surface area contributed by atoms with Gasteiger partial charge in [-0.25, -0.2) is 0 Å². The minimum atomic E-state index is -4.83. The Bertz CT molecular complexity index is 1040. The zero-order valence-electron chi connectivity index (χ0n) is 14.7. The number of nitrogens with zero attached hydrogens (tertiary/aromatic N) is 2. The standard InChI is InChI=1S/C18H12F3N3O4S/c1-10-2-3-11(9-15(10)24(26)27)8-14-16(25)23(17(29)22-14)12-4-6-13(7-5-12)28-18(19,20)21/h2-9H,1H3,(H,22,29)/b14-8-. The number of aryl methyl sites for hydroxylation is 1. The number of carbonyl (C=O) groups is 1. The van der Waals surface area contributed by atoms with Gasteiger partial charge in [0.15, 0.2) is 5.11 Å². The van der Waals surface area contributed by atoms with Crippen molar-refractivity contribution in [3.05, 3.63) is 69.4 Å². The van der Waals surface area contributed by atoms with Crippen LogP contribution in [-0.2, 0) is 4.79 Å². The highest BCUT2D eigenvalue weighted by atomic mass is 32.1. The first-order chi connectivity index (χ1) is 13.5. The number of amides is 1. The number of hydrogen-bond donors (Lipinski definition) is 1. The molecule has 3 rings (SSSR count). The molecule has 1 heterocycles. The molecular formula is C18H12F3N3O4S. The number of ether oxygens (including phenoxy) is 1. The summed E-state index contributed by atoms with van der Waals surface area (Å²) in [6.45, 7) is 1.59. The Kier molecular flexibility index (Phi) is 5.25. The van der Waals surface area contributed by atoms with Crippen LogP contribution in [0.3, 0.4) is 0 Å². The third-order valence-electron chi connectivity index (χ3n) is 3.95. The van der Waals surface area contributed by atoms with Crippen molar-refractivity contribution in [1.82, 2.24) is 5.32 Å². The molecule has 1 N–H and O–H groups in total. The van der Waals surface area contributed by atoms with Crippen LogP contribution in [0.5, 0.6) is 5.75 Å². The predicted octanol–water partition coefficient (Wildman–Crippen LogP) is 4.06. The topological polar surface area (TPSA) is 84.7 Å². The van der Waals surface area contributed by atoms with Crippen molar-refractivity contribution in [2.45, 2.75) is 13.3 Å². The number of hydrogen-bond acceptors (Lipinski definition) is 5. The van der Waals surface area contributed by atoms with Gasteiger partial charge in [-0.3, -0.25) is 19.8 Å². The highest BCUT2D eigenvalue weighted by Gasteiger charge is 2.33. The first kappa shape index (κ1) is 20.3. The van der Waals surface area contributed by atoms with Crippen molar-refractivity contribution in [2.24, 2.45) is 0 Å². The molecule has 0 spiro atoms. The Balaban J connectivity index is 1.86. The molecule has 0 radical (unpaired) electrons. The number of alkyl halides is 3. The van der Waals surface area contributed by atoms with Crippen molar-refractivity contribution in [1.29, 1.82) is 0 Å². The minimum absolute atomic E-state index is 0.0207. The largest absolute Gasteiger partial charge is 0.573 e. The fraction of sp³-hybridized carbons (Fsp3) is 0.111. The van der Waals surface area contributed by atoms with Crippen LogP contribution >= 0.6 is 12.2 Å². The Morgan fingerprint density at radius 1 is 1.21 bits per heavy atom. The zero-order valence-corrected chi connectivity index (χ0v) is 15.5. The molecule has 0 saturated carbocycles. The number of thiocarbonyl (C=S) groups is 1. The molecule has 0 bridgehead atoms. The van der Waals surface area contributed by atoms with Crippen molar-refractivity contribution in [2.75, 3.05) is 4.90 Å². The summed E-state index contributed by atoms with van der Waals surface area (Å²) in [7, 11) is 0. The number of benzene rings is 2. The van der Waals surface area contributed by atoms with Gasteiger partial charge < -0.3 is 10.1 Å². The van der Waals surface area contributed by atoms with E-state index in [1.54, 1.807) is 19.1 Å². The van der Waals surface area contributed by atoms with E-state index in [4.69, 9.17) is 12.2 Å². The number of carbonyl (C=O) groups excluding carboxylic acids is 1. The van der Waals surface area contributed by atoms with Crippen LogP contribution in [0.4, 0.5) is 24.5 Å². The van der Waals surface area contributed by atoms with Crippen LogP contribution in [0.15, 0.2) is 48.2 Å². The summed E-state index contributed by atoms with van der Waals surface area (Å²) in [5.41, 5.74) is 1.10. The van der Waals surface area contributed by atoms with Crippen molar-refractivity contribution in [3.8, 4) is 5.75 Å². The van der Waals surface area contributed by atoms with Crippen LogP contribution < -0.4 is 15.0 Å². The molecular weight excluding hydrogens is 411 g/mol. The van der Waals surface area contributed by atoms with Gasteiger partial charge >= 0.3 is 6.36 Å². The van der Waals surface area contributed by atoms with Gasteiger partial charge in [-0.1, -0.05) is 12.1 Å². The highest BCUT2D eigenvalue weighted by Crippen LogP contribution is 2.28. The maximum absolute atomic E-state index is 12.7. The molecule has 0 atom stereocenters. The summed E-state index contributed by atoms with van der Waals surface area (Å²) < 4.78 is 40.6. The van der Waals surface area contributed by atoms with E-state index in [2.05, 4.69) is 10.1 Å². The van der Waals surface area contributed by atoms with Gasteiger partial charge in [-0.2, -0.15) is 0 Å². The number of halogens is 3. The smallest absolute Gasteiger partial charge is 0.406 e. The Morgan fingerprint density at radius 3 is 2.45 bits per heavy atom. The fourth-order valence-electron chi connectivity index (χ4n) is 2.65. The molecule has 0 unspecified atom stereocenters. The molecule has 1 saturated heterocycles. The van der Waals surface area contributed by atoms with Gasteiger partial charge in [-0.05, 0) is 55.0 Å². The maximum Gasteiger partial charge on any atom is 0.573 e. The van der Waals surface area contributed by atoms with E-state index in [0.29, 0.717) is 11.1 Å². The van der Waals surface area contributed by atoms with Gasteiger partial charge in [-0.15, -0.1) is 13.2 Å². The highest BCUT2D eigenvalue weighted by molar-refractivity contribution is 7.80. The van der Waals surface area contributed by atoms with E-state index in [0.717, 1.165) is 17.0 Å². The van der Waals surface area contributed by atoms with Crippen molar-refractivity contribution in [3.63, 3.8) is 0 Å². The molecule has 1 aliphatic heterocycles. The molecule has 0 aromatic heterocycles. The van der Waals surface area contributed by atoms with Gasteiger partial charge in [0.1, 0.15) is 11.4 Å². The molecule has 0 aliphatic carbocycles. The van der Waals surface area contributed by atoms with Gasteiger partial charge in [0, 0.05) is 11.6 Å². The second-order valence-electron chi connectivity index (χ2n) is 5.97. The van der Waals surface area contributed by atoms with Crippen LogP contribution in [0.25, 0.3) is 6.08 Å². The summed E-state index contributed by atoms with van der Waals surface area (Å²) in [5, 5.41) is 13.8. The van der Waals surface area contributed by atoms with E-state index in [-0.39, 0.29) is 22.2 Å². The van der Waals surface area contributed by atoms with Crippen LogP contribution in [-0.4, -0.2) is 22.3 Å². The maximum atomic E-state index is 12.7. The lowest BCUT2D eigenvalue weighted by molar-refractivity contribution is -0.385. The predicted molar refractivity (Wildman–Crippen MR) is 102 cm³/mol. The summed E-state index contributed by atoms with van der Waals surface area (Å²) in [6.07, 6.45) is -3.42. The quantitative estimate of drug-likeness (QED) is 0.346. The summed E-state index contributed by atoms with van der Waals surface area (Å²) in [6, 6.07) is 9.12. The third-order valence-corrected chi connectivity index (χ3v) is 4.23. The molecule has 11 heteroatoms. The summed E-state index contributed by atoms with van der Waals surface area (Å²) in [5.74, 6) is -0.989. The van der Waals surface area contributed by atoms with Crippen LogP contribution in [0.2, 0.25) is 0 Å². The first-order valence-corrected chi connectivity index (χ1v) is 8.44. The lowest BCUT2D eigenvalue weighted by Crippen LogP contribution is -2.30. The third kappa shape index (κ3) is 4.51. The Morgan fingerprint density at radius 2 is 1.86 bits per heavy atom. The molecule has 150 valence electrons. The number of anilines is 1. The molecule has 2 aromatic rings. The van der Waals surface area contributed by atoms with Gasteiger partial charge in [0.2, 0.25) is 0 Å². The number of rotatable bonds is 4. The van der Waals surface area contributed by atoms with E-state index in [1.165, 1.54) is 24.3 Å². The van der Waals surface area contributed by atoms with Crippen LogP contribution in [0.1, 0.15) is 11.1 Å². The SMILES string of the molecule is Cc1ccc(/C=C2\NC(=S)N(c3ccc(OC(F)(F)F)cc3)C2=O)cc1[N+](=O)[O-]. The average Bonchev–Trinajstić information content (AvgIpc) is 2.89. The van der Waals surface area contributed by atoms with Gasteiger partial charge in [0.05, 0.1) is 10.6 Å². The molecule has 1 fully saturated rings. The monoisotopic (exact) mass is 423 g/mol. The number of nitro groups is 1. The molecule has 7 nitrogen and oxygen atoms in total. The fourth-order valence-corrected chi connectivity index (χ4v) is 2.94. The zero-order chi connectivity index (χ0) is 21.3. The Labute approximate surface area is 167 Å². The second kappa shape index (κ2) is 7.51. The van der Waals surface area contributed by atoms with E-state index in [1.807, 2.05) is 0 Å². The Hall–Kier alpha value is -3.47. The molecule has 1 amide bonds. The lowest BCUT2D eigenvalue weighted by atomic mass is 10.1. The first-order valence-electron chi connectivity index (χ1n) is 8.03. The van der Waals surface area contributed by atoms with E-state index < -0.39 is 22.9 Å². The van der Waals surface area contributed by atoms with E-state index >= 15 is 0 Å². The van der Waals surface area contributed by atoms with E-state index in [9.17, 15) is 28.1 Å². The normalized spacial score (nSPS) is 15.6. The molecule has 1 aliphatic rings. The summed E-state index contributed by atoms with van der Waals surface area (Å²) in [4.78, 5) is 24.3. The second-order valence-corrected chi connectivity index (χ2v) is 6.36. The molecule has 2 aromatic carbocycles. The van der Waals surface area contributed by atoms with Gasteiger partial charge in [0.25, 0.3) is 11.6 Å². The average molecular weight is 423 g/mol. The lowest BCUT2D eigenvalue weighted by Gasteiger charge is -2.15. The van der Waals surface area contributed by atoms with Crippen molar-refractivity contribution >= 4 is 40.7 Å². The number of nitro benzene ring substituents is 1. The number of nitrogens with one attached hydrogen (secondary N) is 1. The van der Waals surface area contributed by atoms with Crippen LogP contribution in [0, 0.1) is 17.0 Å². The molecule has 29 heavy (non-hydrogen) atoms. The minimum Gasteiger partial charge on any atom is -0.406 e. The summed E-state index contributed by atoms with van der Waals surface area (Å²) >= 11 is 5.14. The van der Waals surface area contributed by atoms with Crippen molar-refractivity contribution < 1.29 is 27.6 Å².